The van der Waals surface area contributed by atoms with E-state index in [9.17, 15) is 9.00 Å². The van der Waals surface area contributed by atoms with Crippen molar-refractivity contribution in [2.75, 3.05) is 25.1 Å². The smallest absolute Gasteiger partial charge is 0.240 e. The summed E-state index contributed by atoms with van der Waals surface area (Å²) in [7, 11) is -0.837. The molecule has 1 aliphatic rings. The third kappa shape index (κ3) is 3.56. The normalized spacial score (nSPS) is 24.8. The molecule has 16 heavy (non-hydrogen) atoms. The Morgan fingerprint density at radius 3 is 2.88 bits per heavy atom. The van der Waals surface area contributed by atoms with Crippen molar-refractivity contribution in [1.29, 1.82) is 0 Å². The first-order valence-corrected chi connectivity index (χ1v) is 7.62. The number of hydrogen-bond donors (Lipinski definition) is 1. The van der Waals surface area contributed by atoms with Crippen LogP contribution in [-0.2, 0) is 15.6 Å². The van der Waals surface area contributed by atoms with E-state index in [-0.39, 0.29) is 18.0 Å². The summed E-state index contributed by atoms with van der Waals surface area (Å²) in [6.07, 6.45) is 3.60. The van der Waals surface area contributed by atoms with E-state index in [0.29, 0.717) is 5.75 Å². The van der Waals surface area contributed by atoms with E-state index in [4.69, 9.17) is 0 Å². The first-order valence-electron chi connectivity index (χ1n) is 5.90. The Bertz CT molecular complexity index is 271. The van der Waals surface area contributed by atoms with E-state index in [1.165, 1.54) is 0 Å². The Morgan fingerprint density at radius 2 is 2.31 bits per heavy atom. The molecule has 0 aromatic rings. The molecule has 1 saturated heterocycles. The maximum absolute atomic E-state index is 12.0. The molecule has 1 aliphatic heterocycles. The number of likely N-dealkylation sites (tertiary alicyclic amines) is 1. The number of amides is 1. The Kier molecular flexibility index (Phi) is 5.41. The summed E-state index contributed by atoms with van der Waals surface area (Å²) in [5, 5.41) is 3.25. The highest BCUT2D eigenvalue weighted by molar-refractivity contribution is 7.84. The average Bonchev–Trinajstić information content (AvgIpc) is 2.56. The van der Waals surface area contributed by atoms with Crippen LogP contribution in [0.5, 0.6) is 0 Å². The minimum atomic E-state index is -0.837. The molecular weight excluding hydrogens is 224 g/mol. The molecule has 0 aromatic heterocycles. The van der Waals surface area contributed by atoms with Crippen molar-refractivity contribution in [1.82, 2.24) is 10.2 Å². The first-order chi connectivity index (χ1) is 7.56. The zero-order valence-corrected chi connectivity index (χ0v) is 11.2. The van der Waals surface area contributed by atoms with Crippen LogP contribution >= 0.6 is 0 Å². The number of hydrogen-bond acceptors (Lipinski definition) is 3. The van der Waals surface area contributed by atoms with Gasteiger partial charge < -0.3 is 10.2 Å². The number of carbonyl (C=O) groups excluding carboxylic acids is 1. The lowest BCUT2D eigenvalue weighted by molar-refractivity contribution is -0.130. The number of nitrogens with one attached hydrogen (secondary N) is 1. The first kappa shape index (κ1) is 13.6. The zero-order chi connectivity index (χ0) is 12.1. The summed E-state index contributed by atoms with van der Waals surface area (Å²) in [5.74, 6) is 0.748. The lowest BCUT2D eigenvalue weighted by Gasteiger charge is -2.24. The molecule has 1 heterocycles. The fourth-order valence-electron chi connectivity index (χ4n) is 2.08. The molecule has 0 radical (unpaired) electrons. The molecule has 4 nitrogen and oxygen atoms in total. The lowest BCUT2D eigenvalue weighted by Crippen LogP contribution is -2.43. The minimum absolute atomic E-state index is 0.0207. The molecule has 0 bridgehead atoms. The second-order valence-corrected chi connectivity index (χ2v) is 5.90. The van der Waals surface area contributed by atoms with Crippen molar-refractivity contribution in [3.05, 3.63) is 0 Å². The van der Waals surface area contributed by atoms with Crippen LogP contribution in [0.25, 0.3) is 0 Å². The summed E-state index contributed by atoms with van der Waals surface area (Å²) in [4.78, 5) is 13.9. The monoisotopic (exact) mass is 246 g/mol. The van der Waals surface area contributed by atoms with Crippen LogP contribution in [0.3, 0.4) is 0 Å². The van der Waals surface area contributed by atoms with E-state index in [1.807, 2.05) is 11.8 Å². The van der Waals surface area contributed by atoms with Crippen LogP contribution in [0.4, 0.5) is 0 Å². The molecule has 0 aromatic carbocycles. The van der Waals surface area contributed by atoms with Gasteiger partial charge in [0.2, 0.25) is 5.91 Å². The van der Waals surface area contributed by atoms with Gasteiger partial charge >= 0.3 is 0 Å². The third-order valence-corrected chi connectivity index (χ3v) is 3.84. The largest absolute Gasteiger partial charge is 0.338 e. The van der Waals surface area contributed by atoms with Crippen LogP contribution in [0.1, 0.15) is 26.7 Å². The summed E-state index contributed by atoms with van der Waals surface area (Å²) in [6, 6.07) is 0.0689. The van der Waals surface area contributed by atoms with Gasteiger partial charge in [-0.25, -0.2) is 0 Å². The summed E-state index contributed by atoms with van der Waals surface area (Å²) in [6.45, 7) is 5.74. The van der Waals surface area contributed by atoms with Gasteiger partial charge in [-0.1, -0.05) is 6.92 Å². The highest BCUT2D eigenvalue weighted by Crippen LogP contribution is 2.15. The average molecular weight is 246 g/mol. The Morgan fingerprint density at radius 1 is 1.62 bits per heavy atom. The Balaban J connectivity index is 2.46. The third-order valence-electron chi connectivity index (χ3n) is 2.89. The van der Waals surface area contributed by atoms with Crippen molar-refractivity contribution in [3.63, 3.8) is 0 Å². The maximum atomic E-state index is 12.0. The minimum Gasteiger partial charge on any atom is -0.338 e. The molecule has 3 atom stereocenters. The van der Waals surface area contributed by atoms with Crippen molar-refractivity contribution in [3.8, 4) is 0 Å². The zero-order valence-electron chi connectivity index (χ0n) is 10.4. The fourth-order valence-corrected chi connectivity index (χ4v) is 2.94. The van der Waals surface area contributed by atoms with Gasteiger partial charge in [-0.15, -0.1) is 0 Å². The molecule has 0 aliphatic carbocycles. The molecule has 3 unspecified atom stereocenters. The molecule has 1 fully saturated rings. The SMILES string of the molecule is CCCNC1CCN(C(C)CS(C)=O)C1=O. The van der Waals surface area contributed by atoms with Gasteiger partial charge in [0.15, 0.2) is 0 Å². The molecule has 1 amide bonds. The van der Waals surface area contributed by atoms with Gasteiger partial charge in [-0.2, -0.15) is 0 Å². The van der Waals surface area contributed by atoms with E-state index in [0.717, 1.165) is 25.9 Å². The highest BCUT2D eigenvalue weighted by atomic mass is 32.2. The molecule has 94 valence electrons. The Labute approximate surface area is 100 Å². The van der Waals surface area contributed by atoms with E-state index >= 15 is 0 Å². The summed E-state index contributed by atoms with van der Waals surface area (Å²) < 4.78 is 11.1. The van der Waals surface area contributed by atoms with E-state index in [1.54, 1.807) is 6.26 Å². The number of nitrogens with zero attached hydrogens (tertiary/aromatic N) is 1. The summed E-state index contributed by atoms with van der Waals surface area (Å²) in [5.41, 5.74) is 0. The molecule has 0 spiro atoms. The maximum Gasteiger partial charge on any atom is 0.240 e. The van der Waals surface area contributed by atoms with Crippen LogP contribution in [0.2, 0.25) is 0 Å². The van der Waals surface area contributed by atoms with Crippen LogP contribution < -0.4 is 5.32 Å². The predicted molar refractivity (Wildman–Crippen MR) is 66.8 cm³/mol. The van der Waals surface area contributed by atoms with Crippen molar-refractivity contribution in [2.24, 2.45) is 0 Å². The van der Waals surface area contributed by atoms with Gasteiger partial charge in [0, 0.05) is 35.4 Å². The van der Waals surface area contributed by atoms with Gasteiger partial charge in [0.1, 0.15) is 0 Å². The molecular formula is C11H22N2O2S. The van der Waals surface area contributed by atoms with Crippen LogP contribution in [0.15, 0.2) is 0 Å². The quantitative estimate of drug-likeness (QED) is 0.736. The predicted octanol–water partition coefficient (Wildman–Crippen LogP) is 0.354. The van der Waals surface area contributed by atoms with Gasteiger partial charge in [0.25, 0.3) is 0 Å². The number of carbonyl (C=O) groups is 1. The Hall–Kier alpha value is -0.420. The van der Waals surface area contributed by atoms with E-state index in [2.05, 4.69) is 12.2 Å². The van der Waals surface area contributed by atoms with Crippen LogP contribution in [0, 0.1) is 0 Å². The van der Waals surface area contributed by atoms with Gasteiger partial charge in [-0.3, -0.25) is 9.00 Å². The van der Waals surface area contributed by atoms with Crippen molar-refractivity contribution < 1.29 is 9.00 Å². The fraction of sp³-hybridized carbons (Fsp3) is 0.909. The van der Waals surface area contributed by atoms with E-state index < -0.39 is 10.8 Å². The standard InChI is InChI=1S/C11H22N2O2S/c1-4-6-12-10-5-7-13(11(10)14)9(2)8-16(3)15/h9-10,12H,4-8H2,1-3H3. The van der Waals surface area contributed by atoms with Crippen molar-refractivity contribution in [2.45, 2.75) is 38.8 Å². The molecule has 5 heteroatoms. The van der Waals surface area contributed by atoms with Crippen LogP contribution in [-0.4, -0.2) is 52.2 Å². The number of rotatable bonds is 6. The summed E-state index contributed by atoms with van der Waals surface area (Å²) >= 11 is 0. The molecule has 0 saturated carbocycles. The lowest BCUT2D eigenvalue weighted by atomic mass is 10.2. The van der Waals surface area contributed by atoms with Crippen molar-refractivity contribution >= 4 is 16.7 Å². The van der Waals surface area contributed by atoms with Gasteiger partial charge in [0.05, 0.1) is 6.04 Å². The second kappa shape index (κ2) is 6.35. The second-order valence-electron chi connectivity index (χ2n) is 4.42. The topological polar surface area (TPSA) is 49.4 Å². The highest BCUT2D eigenvalue weighted by Gasteiger charge is 2.33. The molecule has 1 rings (SSSR count). The molecule has 1 N–H and O–H groups in total. The van der Waals surface area contributed by atoms with Gasteiger partial charge in [-0.05, 0) is 26.3 Å².